The number of carboxylic acids is 1. The summed E-state index contributed by atoms with van der Waals surface area (Å²) >= 11 is 5.69. The molecule has 98 valence electrons. The third-order valence-electron chi connectivity index (χ3n) is 2.20. The summed E-state index contributed by atoms with van der Waals surface area (Å²) in [5.41, 5.74) is -0.320. The number of ether oxygens (including phenoxy) is 1. The third kappa shape index (κ3) is 3.41. The van der Waals surface area contributed by atoms with Gasteiger partial charge >= 0.3 is 5.97 Å². The maximum atomic E-state index is 13.4. The lowest BCUT2D eigenvalue weighted by Crippen LogP contribution is -2.38. The summed E-state index contributed by atoms with van der Waals surface area (Å²) in [6.07, 6.45) is -1.19. The van der Waals surface area contributed by atoms with Crippen molar-refractivity contribution in [1.82, 2.24) is 5.32 Å². The van der Waals surface area contributed by atoms with Gasteiger partial charge in [0.15, 0.2) is 6.10 Å². The Bertz CT molecular complexity index is 446. The highest BCUT2D eigenvalue weighted by Crippen LogP contribution is 2.18. The van der Waals surface area contributed by atoms with E-state index in [0.29, 0.717) is 0 Å². The molecule has 0 saturated heterocycles. The van der Waals surface area contributed by atoms with E-state index < -0.39 is 23.8 Å². The monoisotopic (exact) mass is 275 g/mol. The van der Waals surface area contributed by atoms with Crippen LogP contribution in [-0.4, -0.2) is 36.7 Å². The number of rotatable bonds is 5. The van der Waals surface area contributed by atoms with Crippen molar-refractivity contribution in [2.45, 2.75) is 6.10 Å². The molecule has 2 N–H and O–H groups in total. The summed E-state index contributed by atoms with van der Waals surface area (Å²) < 4.78 is 18.0. The first-order valence-electron chi connectivity index (χ1n) is 4.95. The summed E-state index contributed by atoms with van der Waals surface area (Å²) in [6.45, 7) is -0.282. The second-order valence-corrected chi connectivity index (χ2v) is 3.78. The lowest BCUT2D eigenvalue weighted by molar-refractivity contribution is -0.147. The van der Waals surface area contributed by atoms with Crippen LogP contribution in [0.15, 0.2) is 18.2 Å². The molecule has 7 heteroatoms. The number of carboxylic acid groups (broad SMARTS) is 1. The smallest absolute Gasteiger partial charge is 0.334 e. The molecule has 1 aromatic rings. The van der Waals surface area contributed by atoms with Gasteiger partial charge in [0.1, 0.15) is 5.82 Å². The molecule has 0 bridgehead atoms. The van der Waals surface area contributed by atoms with Crippen LogP contribution in [0.2, 0.25) is 5.02 Å². The first-order chi connectivity index (χ1) is 8.47. The molecule has 1 rings (SSSR count). The van der Waals surface area contributed by atoms with Crippen LogP contribution < -0.4 is 5.32 Å². The van der Waals surface area contributed by atoms with Gasteiger partial charge in [-0.1, -0.05) is 17.7 Å². The molecular weight excluding hydrogens is 265 g/mol. The highest BCUT2D eigenvalue weighted by Gasteiger charge is 2.20. The fourth-order valence-corrected chi connectivity index (χ4v) is 1.51. The van der Waals surface area contributed by atoms with Crippen molar-refractivity contribution in [2.75, 3.05) is 13.7 Å². The third-order valence-corrected chi connectivity index (χ3v) is 2.51. The van der Waals surface area contributed by atoms with Gasteiger partial charge in [-0.3, -0.25) is 4.79 Å². The Kier molecular flexibility index (Phi) is 5.06. The molecule has 5 nitrogen and oxygen atoms in total. The first kappa shape index (κ1) is 14.4. The predicted molar refractivity (Wildman–Crippen MR) is 62.2 cm³/mol. The molecule has 1 amide bonds. The van der Waals surface area contributed by atoms with E-state index in [1.54, 1.807) is 0 Å². The fourth-order valence-electron chi connectivity index (χ4n) is 1.26. The van der Waals surface area contributed by atoms with Crippen molar-refractivity contribution in [2.24, 2.45) is 0 Å². The number of nitrogens with one attached hydrogen (secondary N) is 1. The number of halogens is 2. The quantitative estimate of drug-likeness (QED) is 0.849. The van der Waals surface area contributed by atoms with Crippen LogP contribution in [0, 0.1) is 5.82 Å². The Morgan fingerprint density at radius 2 is 2.22 bits per heavy atom. The van der Waals surface area contributed by atoms with Gasteiger partial charge in [-0.15, -0.1) is 0 Å². The topological polar surface area (TPSA) is 75.6 Å². The maximum absolute atomic E-state index is 13.4. The van der Waals surface area contributed by atoms with E-state index in [-0.39, 0.29) is 17.1 Å². The van der Waals surface area contributed by atoms with Gasteiger partial charge in [-0.2, -0.15) is 0 Å². The van der Waals surface area contributed by atoms with E-state index in [9.17, 15) is 14.0 Å². The van der Waals surface area contributed by atoms with Gasteiger partial charge in [0, 0.05) is 7.11 Å². The second kappa shape index (κ2) is 6.32. The summed E-state index contributed by atoms with van der Waals surface area (Å²) in [6, 6.07) is 3.82. The number of aliphatic carboxylic acids is 1. The number of methoxy groups -OCH3 is 1. The van der Waals surface area contributed by atoms with Crippen LogP contribution in [0.5, 0.6) is 0 Å². The summed E-state index contributed by atoms with van der Waals surface area (Å²) in [5, 5.41) is 10.9. The second-order valence-electron chi connectivity index (χ2n) is 3.37. The Balaban J connectivity index is 2.74. The molecule has 0 radical (unpaired) electrons. The first-order valence-corrected chi connectivity index (χ1v) is 5.33. The van der Waals surface area contributed by atoms with Crippen molar-refractivity contribution < 1.29 is 23.8 Å². The molecule has 1 aromatic carbocycles. The van der Waals surface area contributed by atoms with Crippen molar-refractivity contribution in [3.63, 3.8) is 0 Å². The molecule has 0 heterocycles. The zero-order chi connectivity index (χ0) is 13.7. The molecule has 0 fully saturated rings. The lowest BCUT2D eigenvalue weighted by atomic mass is 10.2. The Labute approximate surface area is 108 Å². The minimum absolute atomic E-state index is 0.0446. The van der Waals surface area contributed by atoms with Crippen molar-refractivity contribution in [1.29, 1.82) is 0 Å². The Morgan fingerprint density at radius 3 is 2.72 bits per heavy atom. The van der Waals surface area contributed by atoms with Crippen molar-refractivity contribution >= 4 is 23.5 Å². The summed E-state index contributed by atoms with van der Waals surface area (Å²) in [7, 11) is 1.20. The molecule has 18 heavy (non-hydrogen) atoms. The van der Waals surface area contributed by atoms with E-state index in [1.165, 1.54) is 19.2 Å². The van der Waals surface area contributed by atoms with Crippen LogP contribution in [0.25, 0.3) is 0 Å². The number of hydrogen-bond acceptors (Lipinski definition) is 3. The Morgan fingerprint density at radius 1 is 1.56 bits per heavy atom. The molecular formula is C11H11ClFNO4. The SMILES string of the molecule is COC(CNC(=O)c1c(F)cccc1Cl)C(=O)O. The summed E-state index contributed by atoms with van der Waals surface area (Å²) in [4.78, 5) is 22.3. The highest BCUT2D eigenvalue weighted by atomic mass is 35.5. The van der Waals surface area contributed by atoms with Crippen molar-refractivity contribution in [3.05, 3.63) is 34.6 Å². The van der Waals surface area contributed by atoms with Crippen LogP contribution >= 0.6 is 11.6 Å². The largest absolute Gasteiger partial charge is 0.479 e. The van der Waals surface area contributed by atoms with Crippen LogP contribution in [0.4, 0.5) is 4.39 Å². The minimum atomic E-state index is -1.22. The van der Waals surface area contributed by atoms with Crippen LogP contribution in [0.1, 0.15) is 10.4 Å². The van der Waals surface area contributed by atoms with E-state index in [4.69, 9.17) is 16.7 Å². The van der Waals surface area contributed by atoms with Gasteiger partial charge in [0.05, 0.1) is 17.1 Å². The molecule has 0 aliphatic heterocycles. The van der Waals surface area contributed by atoms with E-state index in [1.807, 2.05) is 0 Å². The zero-order valence-electron chi connectivity index (χ0n) is 9.44. The molecule has 1 atom stereocenters. The maximum Gasteiger partial charge on any atom is 0.334 e. The van der Waals surface area contributed by atoms with Gasteiger partial charge in [0.25, 0.3) is 5.91 Å². The molecule has 0 aromatic heterocycles. The zero-order valence-corrected chi connectivity index (χ0v) is 10.2. The van der Waals surface area contributed by atoms with E-state index >= 15 is 0 Å². The van der Waals surface area contributed by atoms with Gasteiger partial charge in [-0.05, 0) is 12.1 Å². The number of hydrogen-bond donors (Lipinski definition) is 2. The molecule has 1 unspecified atom stereocenters. The predicted octanol–water partition coefficient (Wildman–Crippen LogP) is 1.31. The molecule has 0 aliphatic carbocycles. The van der Waals surface area contributed by atoms with Crippen LogP contribution in [-0.2, 0) is 9.53 Å². The van der Waals surface area contributed by atoms with E-state index in [0.717, 1.165) is 6.07 Å². The number of amides is 1. The lowest BCUT2D eigenvalue weighted by Gasteiger charge is -2.12. The van der Waals surface area contributed by atoms with Gasteiger partial charge in [0.2, 0.25) is 0 Å². The highest BCUT2D eigenvalue weighted by molar-refractivity contribution is 6.33. The fraction of sp³-hybridized carbons (Fsp3) is 0.273. The molecule has 0 aliphatic rings. The molecule has 0 spiro atoms. The average molecular weight is 276 g/mol. The van der Waals surface area contributed by atoms with Crippen molar-refractivity contribution in [3.8, 4) is 0 Å². The number of benzene rings is 1. The summed E-state index contributed by atoms with van der Waals surface area (Å²) in [5.74, 6) is -2.79. The Hall–Kier alpha value is -1.66. The minimum Gasteiger partial charge on any atom is -0.479 e. The van der Waals surface area contributed by atoms with Crippen LogP contribution in [0.3, 0.4) is 0 Å². The van der Waals surface area contributed by atoms with Gasteiger partial charge in [-0.25, -0.2) is 9.18 Å². The molecule has 0 saturated carbocycles. The number of carbonyl (C=O) groups excluding carboxylic acids is 1. The van der Waals surface area contributed by atoms with E-state index in [2.05, 4.69) is 10.1 Å². The average Bonchev–Trinajstić information content (AvgIpc) is 2.29. The normalized spacial score (nSPS) is 11.9. The number of carbonyl (C=O) groups is 2. The standard InChI is InChI=1S/C11H11ClFNO4/c1-18-8(11(16)17)5-14-10(15)9-6(12)3-2-4-7(9)13/h2-4,8H,5H2,1H3,(H,14,15)(H,16,17). The van der Waals surface area contributed by atoms with Gasteiger partial charge < -0.3 is 15.2 Å².